The van der Waals surface area contributed by atoms with Crippen molar-refractivity contribution in [3.05, 3.63) is 167 Å². The van der Waals surface area contributed by atoms with Crippen LogP contribution in [0.5, 0.6) is 0 Å². The molecule has 3 atom stereocenters. The number of rotatable bonds is 11. The Hall–Kier alpha value is -5.97. The topological polar surface area (TPSA) is 95.5 Å². The van der Waals surface area contributed by atoms with Crippen molar-refractivity contribution in [2.24, 2.45) is 0 Å². The summed E-state index contributed by atoms with van der Waals surface area (Å²) < 4.78 is 0. The van der Waals surface area contributed by atoms with E-state index in [4.69, 9.17) is 9.97 Å². The third-order valence-corrected chi connectivity index (χ3v) is 13.9. The van der Waals surface area contributed by atoms with Crippen LogP contribution in [0.3, 0.4) is 0 Å². The molecule has 2 fully saturated rings. The highest BCUT2D eigenvalue weighted by Gasteiger charge is 2.37. The molecule has 0 unspecified atom stereocenters. The number of amides is 3. The van der Waals surface area contributed by atoms with E-state index in [0.29, 0.717) is 18.5 Å². The van der Waals surface area contributed by atoms with Crippen LogP contribution in [-0.4, -0.2) is 50.6 Å². The van der Waals surface area contributed by atoms with Crippen molar-refractivity contribution in [1.29, 1.82) is 0 Å². The summed E-state index contributed by atoms with van der Waals surface area (Å²) in [5.41, 5.74) is 6.93. The lowest BCUT2D eigenvalue weighted by Crippen LogP contribution is -2.42. The molecule has 2 aliphatic heterocycles. The van der Waals surface area contributed by atoms with Crippen LogP contribution in [0.4, 0.5) is 0 Å². The van der Waals surface area contributed by atoms with E-state index in [1.165, 1.54) is 5.57 Å². The van der Waals surface area contributed by atoms with Gasteiger partial charge in [-0.2, -0.15) is 0 Å². The fourth-order valence-electron chi connectivity index (χ4n) is 8.41. The summed E-state index contributed by atoms with van der Waals surface area (Å²) >= 11 is 3.31. The molecule has 6 aromatic rings. The molecule has 3 amide bonds. The van der Waals surface area contributed by atoms with Crippen molar-refractivity contribution >= 4 is 40.4 Å². The normalized spacial score (nSPS) is 18.1. The Morgan fingerprint density at radius 1 is 0.678 bits per heavy atom. The predicted octanol–water partition coefficient (Wildman–Crippen LogP) is 10.8. The van der Waals surface area contributed by atoms with Gasteiger partial charge in [-0.25, -0.2) is 9.97 Å². The van der Waals surface area contributed by atoms with Crippen molar-refractivity contribution in [1.82, 2.24) is 25.1 Å². The Morgan fingerprint density at radius 2 is 1.22 bits per heavy atom. The van der Waals surface area contributed by atoms with E-state index < -0.39 is 6.04 Å². The van der Waals surface area contributed by atoms with Gasteiger partial charge in [0.1, 0.15) is 16.1 Å². The zero-order valence-electron chi connectivity index (χ0n) is 32.7. The molecule has 4 heterocycles. The van der Waals surface area contributed by atoms with Crippen molar-refractivity contribution in [3.8, 4) is 32.0 Å². The third-order valence-electron chi connectivity index (χ3n) is 11.6. The summed E-state index contributed by atoms with van der Waals surface area (Å²) in [4.78, 5) is 56.5. The Labute approximate surface area is 353 Å². The maximum absolute atomic E-state index is 14.3. The molecule has 59 heavy (non-hydrogen) atoms. The van der Waals surface area contributed by atoms with E-state index in [2.05, 4.69) is 72.1 Å². The summed E-state index contributed by atoms with van der Waals surface area (Å²) in [6.45, 7) is 1.41. The number of nitrogens with zero attached hydrogens (tertiary/aromatic N) is 4. The van der Waals surface area contributed by atoms with Gasteiger partial charge in [0, 0.05) is 37.5 Å². The number of likely N-dealkylation sites (tertiary alicyclic amines) is 2. The van der Waals surface area contributed by atoms with Crippen molar-refractivity contribution in [3.63, 3.8) is 0 Å². The first-order chi connectivity index (χ1) is 29.0. The van der Waals surface area contributed by atoms with Gasteiger partial charge >= 0.3 is 0 Å². The fraction of sp³-hybridized carbons (Fsp3) is 0.245. The van der Waals surface area contributed by atoms with Crippen LogP contribution in [0, 0.1) is 0 Å². The van der Waals surface area contributed by atoms with Gasteiger partial charge in [-0.15, -0.1) is 22.7 Å². The predicted molar refractivity (Wildman–Crippen MR) is 236 cm³/mol. The number of allylic oxidation sites excluding steroid dienone is 3. The number of hydrogen-bond donors (Lipinski definition) is 1. The standard InChI is InChI=1S/C49H45N5O3S2/c55-44(30-33-12-4-1-5-13-33)53-28-10-18-40(53)47-50-31-42(58-47)36-24-20-34(21-25-36)35-22-26-37(27-23-35)43-32-51-48(59-43)41-19-11-29-54(41)49(57)45(38-14-6-2-7-15-38)52-46(56)39-16-8-3-9-17-39/h1-4,6-9,12,14-17,20-27,31-32,40-41,45H,5,10-11,13,18-19,28-30H2,(H,52,56)/t40-,41-,45-/m0/s1. The van der Waals surface area contributed by atoms with E-state index in [9.17, 15) is 14.4 Å². The first-order valence-corrected chi connectivity index (χ1v) is 22.1. The van der Waals surface area contributed by atoms with Gasteiger partial charge in [0.2, 0.25) is 11.8 Å². The highest BCUT2D eigenvalue weighted by molar-refractivity contribution is 7.15. The SMILES string of the molecule is O=C(N[C@H](C(=O)N1CCC[C@H]1c1ncc(-c2ccc(-c3ccc(-c4cnc([C@@H]5CCCN5C(=O)CC5=CC=CCC5)s4)cc3)cc2)s1)c1ccccc1)c1ccccc1. The highest BCUT2D eigenvalue weighted by atomic mass is 32.1. The van der Waals surface area contributed by atoms with E-state index in [0.717, 1.165) is 92.7 Å². The zero-order chi connectivity index (χ0) is 40.1. The number of aromatic nitrogens is 2. The molecule has 2 aromatic heterocycles. The summed E-state index contributed by atoms with van der Waals surface area (Å²) in [7, 11) is 0. The van der Waals surface area contributed by atoms with Gasteiger partial charge in [-0.05, 0) is 78.5 Å². The maximum atomic E-state index is 14.3. The second kappa shape index (κ2) is 17.5. The van der Waals surface area contributed by atoms with Gasteiger partial charge in [-0.3, -0.25) is 14.4 Å². The number of nitrogens with one attached hydrogen (secondary N) is 1. The molecule has 0 spiro atoms. The largest absolute Gasteiger partial charge is 0.336 e. The minimum atomic E-state index is -0.808. The molecule has 9 rings (SSSR count). The second-order valence-corrected chi connectivity index (χ2v) is 17.5. The molecule has 1 aliphatic carbocycles. The molecular weight excluding hydrogens is 771 g/mol. The van der Waals surface area contributed by atoms with Crippen LogP contribution >= 0.6 is 22.7 Å². The molecule has 4 aromatic carbocycles. The highest BCUT2D eigenvalue weighted by Crippen LogP contribution is 2.41. The number of hydrogen-bond acceptors (Lipinski definition) is 7. The van der Waals surface area contributed by atoms with Gasteiger partial charge in [0.05, 0.1) is 21.8 Å². The molecule has 0 saturated carbocycles. The Kier molecular flexibility index (Phi) is 11.4. The van der Waals surface area contributed by atoms with E-state index in [1.807, 2.05) is 70.7 Å². The summed E-state index contributed by atoms with van der Waals surface area (Å²) in [6, 6.07) is 34.7. The van der Waals surface area contributed by atoms with Crippen LogP contribution < -0.4 is 5.32 Å². The van der Waals surface area contributed by atoms with Gasteiger partial charge in [-0.1, -0.05) is 121 Å². The van der Waals surface area contributed by atoms with E-state index >= 15 is 0 Å². The van der Waals surface area contributed by atoms with Crippen LogP contribution in [-0.2, 0) is 9.59 Å². The van der Waals surface area contributed by atoms with Gasteiger partial charge in [0.15, 0.2) is 0 Å². The molecule has 10 heteroatoms. The van der Waals surface area contributed by atoms with Crippen LogP contribution in [0.1, 0.15) is 89.0 Å². The van der Waals surface area contributed by atoms with Gasteiger partial charge in [0.25, 0.3) is 5.91 Å². The summed E-state index contributed by atoms with van der Waals surface area (Å²) in [5.74, 6) is -0.195. The van der Waals surface area contributed by atoms with Crippen LogP contribution in [0.15, 0.2) is 145 Å². The van der Waals surface area contributed by atoms with Crippen LogP contribution in [0.2, 0.25) is 0 Å². The Balaban J connectivity index is 0.854. The molecule has 0 radical (unpaired) electrons. The van der Waals surface area contributed by atoms with Gasteiger partial charge < -0.3 is 15.1 Å². The summed E-state index contributed by atoms with van der Waals surface area (Å²) in [5, 5.41) is 4.94. The smallest absolute Gasteiger partial charge is 0.252 e. The molecule has 3 aliphatic rings. The minimum Gasteiger partial charge on any atom is -0.336 e. The molecule has 296 valence electrons. The molecule has 1 N–H and O–H groups in total. The molecule has 2 saturated heterocycles. The lowest BCUT2D eigenvalue weighted by Gasteiger charge is -2.28. The maximum Gasteiger partial charge on any atom is 0.252 e. The number of carbonyl (C=O) groups is 3. The van der Waals surface area contributed by atoms with E-state index in [1.54, 1.807) is 34.8 Å². The summed E-state index contributed by atoms with van der Waals surface area (Å²) in [6.07, 6.45) is 16.3. The van der Waals surface area contributed by atoms with Crippen molar-refractivity contribution < 1.29 is 14.4 Å². The number of thiazole rings is 2. The molecular formula is C49H45N5O3S2. The monoisotopic (exact) mass is 815 g/mol. The third kappa shape index (κ3) is 8.47. The van der Waals surface area contributed by atoms with Crippen LogP contribution in [0.25, 0.3) is 32.0 Å². The molecule has 0 bridgehead atoms. The number of benzene rings is 4. The Morgan fingerprint density at radius 3 is 1.80 bits per heavy atom. The quantitative estimate of drug-likeness (QED) is 0.141. The minimum absolute atomic E-state index is 0.0550. The zero-order valence-corrected chi connectivity index (χ0v) is 34.3. The van der Waals surface area contributed by atoms with Crippen molar-refractivity contribution in [2.45, 2.75) is 63.1 Å². The fourth-order valence-corrected chi connectivity index (χ4v) is 10.6. The first-order valence-electron chi connectivity index (χ1n) is 20.5. The average molecular weight is 816 g/mol. The number of carbonyl (C=O) groups excluding carboxylic acids is 3. The second-order valence-electron chi connectivity index (χ2n) is 15.4. The lowest BCUT2D eigenvalue weighted by molar-refractivity contribution is -0.134. The van der Waals surface area contributed by atoms with E-state index in [-0.39, 0.29) is 29.8 Å². The molecule has 8 nitrogen and oxygen atoms in total. The van der Waals surface area contributed by atoms with Crippen molar-refractivity contribution in [2.75, 3.05) is 13.1 Å². The first kappa shape index (κ1) is 38.5. The lowest BCUT2D eigenvalue weighted by atomic mass is 10.0. The Bertz CT molecular complexity index is 2490. The average Bonchev–Trinajstić information content (AvgIpc) is 4.14.